The van der Waals surface area contributed by atoms with Gasteiger partial charge in [-0.15, -0.1) is 0 Å². The third kappa shape index (κ3) is 2.42. The molecule has 92 valence electrons. The molecule has 0 saturated carbocycles. The second kappa shape index (κ2) is 4.75. The fraction of sp³-hybridized carbons (Fsp3) is 0.462. The summed E-state index contributed by atoms with van der Waals surface area (Å²) < 4.78 is 0. The normalized spacial score (nSPS) is 20.9. The van der Waals surface area contributed by atoms with Crippen molar-refractivity contribution < 1.29 is 4.79 Å². The van der Waals surface area contributed by atoms with Gasteiger partial charge in [-0.1, -0.05) is 12.1 Å². The molecule has 1 fully saturated rings. The van der Waals surface area contributed by atoms with Gasteiger partial charge in [0, 0.05) is 31.7 Å². The van der Waals surface area contributed by atoms with Crippen molar-refractivity contribution in [3.8, 4) is 0 Å². The maximum absolute atomic E-state index is 12.1. The summed E-state index contributed by atoms with van der Waals surface area (Å²) in [6.07, 6.45) is 0. The zero-order chi connectivity index (χ0) is 12.4. The monoisotopic (exact) mass is 233 g/mol. The van der Waals surface area contributed by atoms with Crippen molar-refractivity contribution in [2.24, 2.45) is 11.7 Å². The first-order valence-corrected chi connectivity index (χ1v) is 5.91. The highest BCUT2D eigenvalue weighted by atomic mass is 16.2. The predicted octanol–water partition coefficient (Wildman–Crippen LogP) is 1.44. The molecule has 4 nitrogen and oxygen atoms in total. The van der Waals surface area contributed by atoms with Crippen molar-refractivity contribution in [1.29, 1.82) is 0 Å². The molecule has 1 aromatic carbocycles. The molecule has 0 aromatic heterocycles. The Hall–Kier alpha value is -1.55. The summed E-state index contributed by atoms with van der Waals surface area (Å²) in [5.41, 5.74) is 7.83. The van der Waals surface area contributed by atoms with E-state index in [1.54, 1.807) is 4.90 Å². The van der Waals surface area contributed by atoms with Gasteiger partial charge in [0.25, 0.3) is 0 Å². The average Bonchev–Trinajstić information content (AvgIpc) is 2.32. The minimum absolute atomic E-state index is 0.0558. The summed E-state index contributed by atoms with van der Waals surface area (Å²) in [6.45, 7) is 4.10. The number of nitrogens with zero attached hydrogens (tertiary/aromatic N) is 2. The van der Waals surface area contributed by atoms with Gasteiger partial charge in [0.1, 0.15) is 0 Å². The topological polar surface area (TPSA) is 49.6 Å². The Balaban J connectivity index is 2.26. The minimum Gasteiger partial charge on any atom is -0.330 e. The molecule has 0 bridgehead atoms. The Morgan fingerprint density at radius 3 is 2.82 bits per heavy atom. The molecule has 1 unspecified atom stereocenters. The summed E-state index contributed by atoms with van der Waals surface area (Å²) in [6, 6.07) is 8.06. The summed E-state index contributed by atoms with van der Waals surface area (Å²) in [5, 5.41) is 0. The Morgan fingerprint density at radius 1 is 1.41 bits per heavy atom. The van der Waals surface area contributed by atoms with Gasteiger partial charge in [-0.25, -0.2) is 4.79 Å². The van der Waals surface area contributed by atoms with Gasteiger partial charge in [0.05, 0.1) is 0 Å². The average molecular weight is 233 g/mol. The lowest BCUT2D eigenvalue weighted by Gasteiger charge is -2.38. The number of urea groups is 1. The van der Waals surface area contributed by atoms with Crippen LogP contribution in [-0.2, 0) is 0 Å². The lowest BCUT2D eigenvalue weighted by atomic mass is 10.1. The van der Waals surface area contributed by atoms with Gasteiger partial charge in [0.15, 0.2) is 0 Å². The van der Waals surface area contributed by atoms with Crippen LogP contribution >= 0.6 is 0 Å². The number of aryl methyl sites for hydroxylation is 1. The number of amides is 2. The Morgan fingerprint density at radius 2 is 2.18 bits per heavy atom. The number of rotatable bonds is 2. The van der Waals surface area contributed by atoms with Crippen molar-refractivity contribution in [1.82, 2.24) is 4.90 Å². The first-order valence-electron chi connectivity index (χ1n) is 5.91. The largest absolute Gasteiger partial charge is 0.330 e. The molecular weight excluding hydrogens is 214 g/mol. The fourth-order valence-electron chi connectivity index (χ4n) is 2.23. The molecule has 2 N–H and O–H groups in total. The van der Waals surface area contributed by atoms with Crippen LogP contribution < -0.4 is 10.6 Å². The first kappa shape index (κ1) is 11.9. The van der Waals surface area contributed by atoms with E-state index in [2.05, 4.69) is 0 Å². The zero-order valence-corrected chi connectivity index (χ0v) is 10.4. The van der Waals surface area contributed by atoms with E-state index in [9.17, 15) is 4.79 Å². The zero-order valence-electron chi connectivity index (χ0n) is 10.4. The second-order valence-corrected chi connectivity index (χ2v) is 4.71. The Labute approximate surface area is 102 Å². The smallest absolute Gasteiger partial charge is 0.324 e. The molecular formula is C13H19N3O. The van der Waals surface area contributed by atoms with Gasteiger partial charge in [-0.2, -0.15) is 0 Å². The van der Waals surface area contributed by atoms with E-state index in [1.807, 2.05) is 43.1 Å². The summed E-state index contributed by atoms with van der Waals surface area (Å²) in [7, 11) is 1.83. The molecule has 1 aromatic rings. The van der Waals surface area contributed by atoms with Crippen LogP contribution in [0.15, 0.2) is 24.3 Å². The summed E-state index contributed by atoms with van der Waals surface area (Å²) >= 11 is 0. The van der Waals surface area contributed by atoms with E-state index in [0.717, 1.165) is 17.8 Å². The highest BCUT2D eigenvalue weighted by Crippen LogP contribution is 2.22. The van der Waals surface area contributed by atoms with Crippen LogP contribution in [0.4, 0.5) is 10.5 Å². The number of benzene rings is 1. The number of hydrogen-bond donors (Lipinski definition) is 1. The lowest BCUT2D eigenvalue weighted by Crippen LogP contribution is -2.53. The van der Waals surface area contributed by atoms with E-state index in [0.29, 0.717) is 19.0 Å². The van der Waals surface area contributed by atoms with Crippen LogP contribution in [0.3, 0.4) is 0 Å². The van der Waals surface area contributed by atoms with Crippen molar-refractivity contribution in [2.45, 2.75) is 6.92 Å². The first-order chi connectivity index (χ1) is 8.11. The quantitative estimate of drug-likeness (QED) is 0.840. The molecule has 0 radical (unpaired) electrons. The SMILES string of the molecule is Cc1cccc(N2CC(CN)CN(C)C2=O)c1. The predicted molar refractivity (Wildman–Crippen MR) is 69.1 cm³/mol. The van der Waals surface area contributed by atoms with Crippen molar-refractivity contribution in [3.63, 3.8) is 0 Å². The molecule has 1 atom stereocenters. The van der Waals surface area contributed by atoms with Gasteiger partial charge >= 0.3 is 6.03 Å². The molecule has 2 rings (SSSR count). The molecule has 0 aliphatic carbocycles. The van der Waals surface area contributed by atoms with Crippen molar-refractivity contribution in [2.75, 3.05) is 31.6 Å². The maximum atomic E-state index is 12.1. The molecule has 1 aliphatic heterocycles. The summed E-state index contributed by atoms with van der Waals surface area (Å²) in [4.78, 5) is 15.7. The van der Waals surface area contributed by atoms with Gasteiger partial charge in [-0.3, -0.25) is 4.90 Å². The van der Waals surface area contributed by atoms with Crippen LogP contribution in [-0.4, -0.2) is 37.6 Å². The van der Waals surface area contributed by atoms with Gasteiger partial charge < -0.3 is 10.6 Å². The van der Waals surface area contributed by atoms with Crippen LogP contribution in [0.5, 0.6) is 0 Å². The number of anilines is 1. The van der Waals surface area contributed by atoms with E-state index < -0.39 is 0 Å². The van der Waals surface area contributed by atoms with E-state index in [4.69, 9.17) is 5.73 Å². The summed E-state index contributed by atoms with van der Waals surface area (Å²) in [5.74, 6) is 0.346. The Kier molecular flexibility index (Phi) is 3.33. The molecule has 1 aliphatic rings. The van der Waals surface area contributed by atoms with Crippen molar-refractivity contribution in [3.05, 3.63) is 29.8 Å². The molecule has 4 heteroatoms. The number of carbonyl (C=O) groups excluding carboxylic acids is 1. The van der Waals surface area contributed by atoms with Gasteiger partial charge in [-0.05, 0) is 31.2 Å². The molecule has 1 heterocycles. The van der Waals surface area contributed by atoms with E-state index in [-0.39, 0.29) is 6.03 Å². The third-order valence-corrected chi connectivity index (χ3v) is 3.18. The number of carbonyl (C=O) groups is 1. The van der Waals surface area contributed by atoms with Crippen LogP contribution in [0, 0.1) is 12.8 Å². The highest BCUT2D eigenvalue weighted by molar-refractivity contribution is 5.92. The molecule has 2 amide bonds. The molecule has 0 spiro atoms. The van der Waals surface area contributed by atoms with E-state index in [1.165, 1.54) is 0 Å². The van der Waals surface area contributed by atoms with Crippen LogP contribution in [0.25, 0.3) is 0 Å². The molecule has 17 heavy (non-hydrogen) atoms. The number of nitrogens with two attached hydrogens (primary N) is 1. The van der Waals surface area contributed by atoms with Crippen molar-refractivity contribution >= 4 is 11.7 Å². The second-order valence-electron chi connectivity index (χ2n) is 4.71. The van der Waals surface area contributed by atoms with E-state index >= 15 is 0 Å². The standard InChI is InChI=1S/C13H19N3O/c1-10-4-3-5-12(6-10)16-9-11(7-14)8-15(2)13(16)17/h3-6,11H,7-9,14H2,1-2H3. The number of hydrogen-bond acceptors (Lipinski definition) is 2. The fourth-order valence-corrected chi connectivity index (χ4v) is 2.23. The van der Waals surface area contributed by atoms with Crippen LogP contribution in [0.2, 0.25) is 0 Å². The lowest BCUT2D eigenvalue weighted by molar-refractivity contribution is 0.194. The molecule has 1 saturated heterocycles. The third-order valence-electron chi connectivity index (χ3n) is 3.18. The minimum atomic E-state index is 0.0558. The maximum Gasteiger partial charge on any atom is 0.324 e. The Bertz CT molecular complexity index is 419. The van der Waals surface area contributed by atoms with Crippen LogP contribution in [0.1, 0.15) is 5.56 Å². The van der Waals surface area contributed by atoms with Gasteiger partial charge in [0.2, 0.25) is 0 Å². The highest BCUT2D eigenvalue weighted by Gasteiger charge is 2.29.